The molecule has 1 unspecified atom stereocenters. The highest BCUT2D eigenvalue weighted by molar-refractivity contribution is 5.73. The summed E-state index contributed by atoms with van der Waals surface area (Å²) in [5.74, 6) is 0.240. The Labute approximate surface area is 168 Å². The lowest BCUT2D eigenvalue weighted by Crippen LogP contribution is -2.27. The molecule has 2 aliphatic rings. The minimum absolute atomic E-state index is 0.240. The predicted octanol–water partition coefficient (Wildman–Crippen LogP) is 5.16. The quantitative estimate of drug-likeness (QED) is 0.670. The topological polar surface area (TPSA) is 12.9 Å². The Balaban J connectivity index is 2.33. The Morgan fingerprint density at radius 2 is 1.96 bits per heavy atom. The number of nitrogens with zero attached hydrogens (tertiary/aromatic N) is 1. The fraction of sp³-hybridized carbons (Fsp3) is 0.148. The Morgan fingerprint density at radius 3 is 2.79 bits per heavy atom. The zero-order chi connectivity index (χ0) is 19.9. The highest BCUT2D eigenvalue weighted by Crippen LogP contribution is 2.35. The van der Waals surface area contributed by atoms with Crippen LogP contribution in [0.3, 0.4) is 0 Å². The van der Waals surface area contributed by atoms with E-state index >= 15 is 0 Å². The van der Waals surface area contributed by atoms with Gasteiger partial charge in [0.05, 0.1) is 5.69 Å². The average Bonchev–Trinajstić information content (AvgIpc) is 2.67. The fourth-order valence-electron chi connectivity index (χ4n) is 3.57. The van der Waals surface area contributed by atoms with Gasteiger partial charge < -0.3 is 0 Å². The SMILES string of the molecule is C=C1C=C2c3nccc(=C)cccc(c3=C)CC2/C(=C\C=C/C)C/C=C\C=C/1. The Kier molecular flexibility index (Phi) is 6.39. The van der Waals surface area contributed by atoms with Crippen LogP contribution in [0, 0.1) is 5.92 Å². The summed E-state index contributed by atoms with van der Waals surface area (Å²) < 4.78 is 0. The third-order valence-corrected chi connectivity index (χ3v) is 5.05. The number of hydrogen-bond acceptors (Lipinski definition) is 1. The molecule has 3 rings (SSSR count). The molecule has 0 saturated carbocycles. The van der Waals surface area contributed by atoms with Crippen molar-refractivity contribution in [3.05, 3.63) is 118 Å². The first-order chi connectivity index (χ1) is 13.6. The summed E-state index contributed by atoms with van der Waals surface area (Å²) in [4.78, 5) is 4.80. The number of hydrogen-bond donors (Lipinski definition) is 0. The van der Waals surface area contributed by atoms with Crippen molar-refractivity contribution in [3.8, 4) is 0 Å². The lowest BCUT2D eigenvalue weighted by Gasteiger charge is -2.28. The van der Waals surface area contributed by atoms with Crippen LogP contribution in [0.2, 0.25) is 0 Å². The maximum atomic E-state index is 4.80. The van der Waals surface area contributed by atoms with E-state index in [1.54, 1.807) is 0 Å². The molecule has 1 atom stereocenters. The van der Waals surface area contributed by atoms with Crippen molar-refractivity contribution in [1.29, 1.82) is 0 Å². The number of aromatic nitrogens is 1. The number of fused-ring (bicyclic) bond motifs is 4. The van der Waals surface area contributed by atoms with E-state index < -0.39 is 0 Å². The Hall–Kier alpha value is -3.19. The van der Waals surface area contributed by atoms with Crippen LogP contribution < -0.4 is 10.4 Å². The van der Waals surface area contributed by atoms with Crippen LogP contribution in [-0.4, -0.2) is 4.98 Å². The first-order valence-corrected chi connectivity index (χ1v) is 9.66. The molecule has 0 amide bonds. The second-order valence-corrected chi connectivity index (χ2v) is 7.09. The molecule has 1 aromatic heterocycles. The van der Waals surface area contributed by atoms with E-state index in [2.05, 4.69) is 68.3 Å². The van der Waals surface area contributed by atoms with Crippen molar-refractivity contribution in [2.75, 3.05) is 0 Å². The van der Waals surface area contributed by atoms with Gasteiger partial charge in [0.1, 0.15) is 0 Å². The van der Waals surface area contributed by atoms with Gasteiger partial charge in [-0.1, -0.05) is 86.0 Å². The third-order valence-electron chi connectivity index (χ3n) is 5.05. The van der Waals surface area contributed by atoms with E-state index in [0.29, 0.717) is 0 Å². The van der Waals surface area contributed by atoms with Gasteiger partial charge in [-0.15, -0.1) is 0 Å². The summed E-state index contributed by atoms with van der Waals surface area (Å²) in [5, 5.41) is 1.91. The fourth-order valence-corrected chi connectivity index (χ4v) is 3.57. The van der Waals surface area contributed by atoms with Crippen molar-refractivity contribution in [1.82, 2.24) is 4.98 Å². The van der Waals surface area contributed by atoms with Gasteiger partial charge in [-0.3, -0.25) is 4.98 Å². The maximum Gasteiger partial charge on any atom is 0.0737 e. The van der Waals surface area contributed by atoms with Gasteiger partial charge in [-0.05, 0) is 59.1 Å². The highest BCUT2D eigenvalue weighted by atomic mass is 14.7. The first-order valence-electron chi connectivity index (χ1n) is 9.66. The predicted molar refractivity (Wildman–Crippen MR) is 122 cm³/mol. The molecule has 1 nitrogen and oxygen atoms in total. The molecule has 0 spiro atoms. The standard InChI is InChI=1S/C27H27N/c1-5-6-13-23-14-9-7-8-11-21(3)18-26-25(23)19-24-15-10-12-20(2)16-17-28-27(26)22(24)4/h5-13,15-18,25H,2-4,14,19H2,1H3/b6-5-,9-7-,11-8-,12-10?,17-16?,23-13-,24-15?,26-18?,28-27?. The van der Waals surface area contributed by atoms with E-state index in [4.69, 9.17) is 4.98 Å². The van der Waals surface area contributed by atoms with E-state index in [-0.39, 0.29) is 5.92 Å². The molecular formula is C27H27N. The van der Waals surface area contributed by atoms with Crippen LogP contribution in [0.4, 0.5) is 0 Å². The molecule has 1 heteroatoms. The maximum absolute atomic E-state index is 4.80. The van der Waals surface area contributed by atoms with Crippen LogP contribution in [-0.2, 0) is 6.42 Å². The van der Waals surface area contributed by atoms with Crippen LogP contribution in [0.1, 0.15) is 24.6 Å². The molecular weight excluding hydrogens is 338 g/mol. The molecule has 140 valence electrons. The van der Waals surface area contributed by atoms with Gasteiger partial charge >= 0.3 is 0 Å². The zero-order valence-corrected chi connectivity index (χ0v) is 16.6. The summed E-state index contributed by atoms with van der Waals surface area (Å²) in [5.41, 5.74) is 5.67. The van der Waals surface area contributed by atoms with Crippen LogP contribution >= 0.6 is 0 Å². The average molecular weight is 366 g/mol. The summed E-state index contributed by atoms with van der Waals surface area (Å²) in [6, 6.07) is 8.13. The van der Waals surface area contributed by atoms with Crippen molar-refractivity contribution in [3.63, 3.8) is 0 Å². The van der Waals surface area contributed by atoms with Crippen LogP contribution in [0.5, 0.6) is 0 Å². The first kappa shape index (κ1) is 19.6. The molecule has 2 bridgehead atoms. The molecule has 28 heavy (non-hydrogen) atoms. The van der Waals surface area contributed by atoms with Crippen LogP contribution in [0.25, 0.3) is 18.7 Å². The molecule has 0 aliphatic heterocycles. The van der Waals surface area contributed by atoms with E-state index in [1.165, 1.54) is 16.7 Å². The molecule has 0 aromatic carbocycles. The monoisotopic (exact) mass is 365 g/mol. The largest absolute Gasteiger partial charge is 0.256 e. The van der Waals surface area contributed by atoms with E-state index in [9.17, 15) is 0 Å². The second-order valence-electron chi connectivity index (χ2n) is 7.09. The molecule has 0 radical (unpaired) electrons. The van der Waals surface area contributed by atoms with Gasteiger partial charge in [-0.2, -0.15) is 0 Å². The van der Waals surface area contributed by atoms with E-state index in [1.807, 2.05) is 37.4 Å². The van der Waals surface area contributed by atoms with Crippen molar-refractivity contribution >= 4 is 18.7 Å². The van der Waals surface area contributed by atoms with E-state index in [0.717, 1.165) is 34.5 Å². The lowest BCUT2D eigenvalue weighted by atomic mass is 9.77. The molecule has 1 aromatic rings. The second kappa shape index (κ2) is 9.14. The van der Waals surface area contributed by atoms with Crippen molar-refractivity contribution < 1.29 is 0 Å². The molecule has 0 N–H and O–H groups in total. The molecule has 0 fully saturated rings. The van der Waals surface area contributed by atoms with Gasteiger partial charge in [0, 0.05) is 12.1 Å². The molecule has 2 aliphatic carbocycles. The van der Waals surface area contributed by atoms with Gasteiger partial charge in [0.15, 0.2) is 0 Å². The van der Waals surface area contributed by atoms with Crippen molar-refractivity contribution in [2.24, 2.45) is 5.92 Å². The summed E-state index contributed by atoms with van der Waals surface area (Å²) in [6.45, 7) is 14.7. The van der Waals surface area contributed by atoms with Crippen molar-refractivity contribution in [2.45, 2.75) is 19.8 Å². The Morgan fingerprint density at radius 1 is 1.11 bits per heavy atom. The number of rotatable bonds is 1. The van der Waals surface area contributed by atoms with Gasteiger partial charge in [-0.25, -0.2) is 0 Å². The summed E-state index contributed by atoms with van der Waals surface area (Å²) in [7, 11) is 0. The minimum Gasteiger partial charge on any atom is -0.256 e. The normalized spacial score (nSPS) is 22.2. The third kappa shape index (κ3) is 4.55. The highest BCUT2D eigenvalue weighted by Gasteiger charge is 2.26. The van der Waals surface area contributed by atoms with Crippen LogP contribution in [0.15, 0.2) is 96.8 Å². The number of allylic oxidation sites excluding steroid dienone is 11. The Bertz CT molecular complexity index is 1080. The lowest BCUT2D eigenvalue weighted by molar-refractivity contribution is 0.729. The molecule has 0 saturated heterocycles. The summed E-state index contributed by atoms with van der Waals surface area (Å²) >= 11 is 0. The smallest absolute Gasteiger partial charge is 0.0737 e. The summed E-state index contributed by atoms with van der Waals surface area (Å²) in [6.07, 6.45) is 20.6. The van der Waals surface area contributed by atoms with Gasteiger partial charge in [0.25, 0.3) is 0 Å². The minimum atomic E-state index is 0.240. The zero-order valence-electron chi connectivity index (χ0n) is 16.6. The van der Waals surface area contributed by atoms with Gasteiger partial charge in [0.2, 0.25) is 0 Å². The molecule has 1 heterocycles.